The molecule has 150 valence electrons. The van der Waals surface area contributed by atoms with E-state index in [0.29, 0.717) is 19.0 Å². The van der Waals surface area contributed by atoms with Crippen LogP contribution in [0.4, 0.5) is 0 Å². The van der Waals surface area contributed by atoms with Gasteiger partial charge in [-0.3, -0.25) is 9.47 Å². The van der Waals surface area contributed by atoms with Crippen LogP contribution in [0, 0.1) is 0 Å². The molecule has 6 nitrogen and oxygen atoms in total. The molecule has 0 saturated carbocycles. The molecule has 2 aromatic heterocycles. The first-order valence-electron chi connectivity index (χ1n) is 9.72. The van der Waals surface area contributed by atoms with Gasteiger partial charge in [-0.05, 0) is 23.8 Å². The second kappa shape index (κ2) is 8.01. The van der Waals surface area contributed by atoms with Crippen LogP contribution in [-0.4, -0.2) is 31.8 Å². The molecule has 0 aliphatic carbocycles. The Labute approximate surface area is 183 Å². The molecule has 1 aliphatic heterocycles. The molecule has 0 unspecified atom stereocenters. The quantitative estimate of drug-likeness (QED) is 0.443. The Balaban J connectivity index is 1.62. The molecule has 1 aliphatic rings. The fraction of sp³-hybridized carbons (Fsp3) is 0.174. The molecule has 30 heavy (non-hydrogen) atoms. The normalized spacial score (nSPS) is 13.4. The van der Waals surface area contributed by atoms with Crippen LogP contribution in [0.5, 0.6) is 5.88 Å². The lowest BCUT2D eigenvalue weighted by molar-refractivity contribution is 0.241. The first-order valence-corrected chi connectivity index (χ1v) is 10.5. The van der Waals surface area contributed by atoms with Gasteiger partial charge >= 0.3 is 0 Å². The molecule has 5 rings (SSSR count). The number of pyridine rings is 1. The second-order valence-electron chi connectivity index (χ2n) is 7.23. The molecule has 0 saturated heterocycles. The van der Waals surface area contributed by atoms with Crippen molar-refractivity contribution in [1.29, 1.82) is 0 Å². The van der Waals surface area contributed by atoms with Gasteiger partial charge in [0.1, 0.15) is 0 Å². The molecular weight excluding hydrogens is 442 g/mol. The van der Waals surface area contributed by atoms with Crippen molar-refractivity contribution < 1.29 is 4.74 Å². The summed E-state index contributed by atoms with van der Waals surface area (Å²) in [7, 11) is 1.64. The zero-order chi connectivity index (χ0) is 20.5. The maximum absolute atomic E-state index is 5.40. The van der Waals surface area contributed by atoms with Crippen LogP contribution < -0.4 is 4.74 Å². The van der Waals surface area contributed by atoms with E-state index in [1.54, 1.807) is 7.11 Å². The number of halogens is 1. The zero-order valence-corrected chi connectivity index (χ0v) is 18.1. The number of benzene rings is 2. The summed E-state index contributed by atoms with van der Waals surface area (Å²) < 4.78 is 8.55. The third-order valence-electron chi connectivity index (χ3n) is 5.19. The van der Waals surface area contributed by atoms with E-state index in [0.717, 1.165) is 39.6 Å². The van der Waals surface area contributed by atoms with E-state index in [1.807, 2.05) is 42.5 Å². The number of ether oxygens (including phenoxy) is 1. The summed E-state index contributed by atoms with van der Waals surface area (Å²) in [5, 5.41) is 9.08. The van der Waals surface area contributed by atoms with Crippen LogP contribution >= 0.6 is 15.9 Å². The maximum Gasteiger partial charge on any atom is 0.213 e. The average molecular weight is 462 g/mol. The number of fused-ring (bicyclic) bond motifs is 3. The minimum absolute atomic E-state index is 0.607. The highest BCUT2D eigenvalue weighted by Crippen LogP contribution is 2.31. The van der Waals surface area contributed by atoms with Gasteiger partial charge in [-0.25, -0.2) is 4.98 Å². The van der Waals surface area contributed by atoms with Crippen molar-refractivity contribution in [2.24, 2.45) is 0 Å². The van der Waals surface area contributed by atoms with E-state index < -0.39 is 0 Å². The lowest BCUT2D eigenvalue weighted by atomic mass is 10.2. The Hall–Kier alpha value is -3.03. The molecule has 0 bridgehead atoms. The van der Waals surface area contributed by atoms with Crippen LogP contribution in [0.15, 0.2) is 71.2 Å². The molecular formula is C23H20BrN5O. The predicted octanol–water partition coefficient (Wildman–Crippen LogP) is 4.62. The van der Waals surface area contributed by atoms with Crippen molar-refractivity contribution in [3.8, 4) is 23.0 Å². The van der Waals surface area contributed by atoms with Gasteiger partial charge in [-0.1, -0.05) is 58.4 Å². The van der Waals surface area contributed by atoms with Gasteiger partial charge in [0.15, 0.2) is 11.6 Å². The van der Waals surface area contributed by atoms with Crippen molar-refractivity contribution in [1.82, 2.24) is 24.6 Å². The van der Waals surface area contributed by atoms with E-state index in [2.05, 4.69) is 59.9 Å². The summed E-state index contributed by atoms with van der Waals surface area (Å²) >= 11 is 3.50. The number of hydrogen-bond donors (Lipinski definition) is 0. The van der Waals surface area contributed by atoms with Crippen molar-refractivity contribution in [2.45, 2.75) is 19.6 Å². The molecule has 3 heterocycles. The maximum atomic E-state index is 5.40. The highest BCUT2D eigenvalue weighted by Gasteiger charge is 2.25. The van der Waals surface area contributed by atoms with E-state index >= 15 is 0 Å². The van der Waals surface area contributed by atoms with E-state index in [4.69, 9.17) is 9.72 Å². The van der Waals surface area contributed by atoms with E-state index in [-0.39, 0.29) is 0 Å². The zero-order valence-electron chi connectivity index (χ0n) is 16.5. The molecule has 0 amide bonds. The standard InChI is InChI=1S/C23H20BrN5O/c1-30-22-12-11-20-19(25-22)14-28(13-16-5-3-2-4-6-16)15-21-26-27-23(29(20)21)17-7-9-18(24)10-8-17/h2-12H,13-15H2,1H3. The Morgan fingerprint density at radius 1 is 0.933 bits per heavy atom. The first kappa shape index (κ1) is 19.0. The Morgan fingerprint density at radius 3 is 2.50 bits per heavy atom. The van der Waals surface area contributed by atoms with E-state index in [1.165, 1.54) is 5.56 Å². The number of rotatable bonds is 4. The topological polar surface area (TPSA) is 56.1 Å². The summed E-state index contributed by atoms with van der Waals surface area (Å²) in [6.07, 6.45) is 0. The van der Waals surface area contributed by atoms with Gasteiger partial charge in [0.05, 0.1) is 25.0 Å². The second-order valence-corrected chi connectivity index (χ2v) is 8.15. The fourth-order valence-electron chi connectivity index (χ4n) is 3.79. The minimum Gasteiger partial charge on any atom is -0.481 e. The van der Waals surface area contributed by atoms with Crippen LogP contribution in [0.1, 0.15) is 17.1 Å². The van der Waals surface area contributed by atoms with Crippen LogP contribution in [0.3, 0.4) is 0 Å². The summed E-state index contributed by atoms with van der Waals surface area (Å²) in [6.45, 7) is 2.18. The van der Waals surface area contributed by atoms with Gasteiger partial charge in [-0.15, -0.1) is 10.2 Å². The van der Waals surface area contributed by atoms with Crippen molar-refractivity contribution >= 4 is 15.9 Å². The Bertz CT molecular complexity index is 1170. The molecule has 2 aromatic carbocycles. The molecule has 7 heteroatoms. The summed E-state index contributed by atoms with van der Waals surface area (Å²) in [5.74, 6) is 2.32. The number of nitrogens with zero attached hydrogens (tertiary/aromatic N) is 5. The highest BCUT2D eigenvalue weighted by atomic mass is 79.9. The molecule has 0 atom stereocenters. The van der Waals surface area contributed by atoms with Gasteiger partial charge < -0.3 is 4.74 Å². The summed E-state index contributed by atoms with van der Waals surface area (Å²) in [4.78, 5) is 7.10. The predicted molar refractivity (Wildman–Crippen MR) is 118 cm³/mol. The number of aromatic nitrogens is 4. The average Bonchev–Trinajstić information content (AvgIpc) is 3.11. The Morgan fingerprint density at radius 2 is 1.73 bits per heavy atom. The molecule has 4 aromatic rings. The first-order chi connectivity index (χ1) is 14.7. The monoisotopic (exact) mass is 461 g/mol. The fourth-order valence-corrected chi connectivity index (χ4v) is 4.05. The third kappa shape index (κ3) is 3.62. The van der Waals surface area contributed by atoms with Gasteiger partial charge in [0.25, 0.3) is 0 Å². The van der Waals surface area contributed by atoms with Gasteiger partial charge in [-0.2, -0.15) is 0 Å². The SMILES string of the molecule is COc1ccc2c(n1)CN(Cc1ccccc1)Cc1nnc(-c3ccc(Br)cc3)n1-2. The summed E-state index contributed by atoms with van der Waals surface area (Å²) in [5.41, 5.74) is 4.20. The van der Waals surface area contributed by atoms with Crippen molar-refractivity contribution in [2.75, 3.05) is 7.11 Å². The smallest absolute Gasteiger partial charge is 0.213 e. The van der Waals surface area contributed by atoms with Crippen molar-refractivity contribution in [3.63, 3.8) is 0 Å². The van der Waals surface area contributed by atoms with E-state index in [9.17, 15) is 0 Å². The summed E-state index contributed by atoms with van der Waals surface area (Å²) in [6, 6.07) is 22.5. The number of methoxy groups -OCH3 is 1. The van der Waals surface area contributed by atoms with Crippen LogP contribution in [0.25, 0.3) is 17.1 Å². The largest absolute Gasteiger partial charge is 0.481 e. The lowest BCUT2D eigenvalue weighted by Crippen LogP contribution is -2.22. The Kier molecular flexibility index (Phi) is 5.06. The minimum atomic E-state index is 0.607. The van der Waals surface area contributed by atoms with Crippen LogP contribution in [-0.2, 0) is 19.6 Å². The van der Waals surface area contributed by atoms with Gasteiger partial charge in [0, 0.05) is 29.2 Å². The molecule has 0 N–H and O–H groups in total. The molecule has 0 fully saturated rings. The highest BCUT2D eigenvalue weighted by molar-refractivity contribution is 9.10. The lowest BCUT2D eigenvalue weighted by Gasteiger charge is -2.19. The molecule has 0 radical (unpaired) electrons. The van der Waals surface area contributed by atoms with Crippen LogP contribution in [0.2, 0.25) is 0 Å². The van der Waals surface area contributed by atoms with Gasteiger partial charge in [0.2, 0.25) is 5.88 Å². The van der Waals surface area contributed by atoms with Crippen molar-refractivity contribution in [3.05, 3.63) is 88.3 Å². The molecule has 0 spiro atoms. The number of hydrogen-bond acceptors (Lipinski definition) is 5. The third-order valence-corrected chi connectivity index (χ3v) is 5.72.